The smallest absolute Gasteiger partial charge is 0.248 e. The predicted octanol–water partition coefficient (Wildman–Crippen LogP) is 2.58. The summed E-state index contributed by atoms with van der Waals surface area (Å²) < 4.78 is 0. The number of rotatable bonds is 2. The van der Waals surface area contributed by atoms with Crippen LogP contribution in [0.15, 0.2) is 43.0 Å². The molecule has 0 aliphatic carbocycles. The lowest BCUT2D eigenvalue weighted by Crippen LogP contribution is -2.10. The molecule has 0 unspecified atom stereocenters. The van der Waals surface area contributed by atoms with Gasteiger partial charge in [-0.2, -0.15) is 0 Å². The van der Waals surface area contributed by atoms with E-state index in [4.69, 9.17) is 5.73 Å². The Morgan fingerprint density at radius 2 is 2.07 bits per heavy atom. The maximum Gasteiger partial charge on any atom is 0.248 e. The highest BCUT2D eigenvalue weighted by Gasteiger charge is 2.02. The molecule has 0 spiro atoms. The average Bonchev–Trinajstić information content (AvgIpc) is 2.27. The van der Waals surface area contributed by atoms with Crippen LogP contribution in [0.25, 0.3) is 16.8 Å². The van der Waals surface area contributed by atoms with Crippen LogP contribution in [-0.4, -0.2) is 5.91 Å². The lowest BCUT2D eigenvalue weighted by atomic mass is 10.0. The van der Waals surface area contributed by atoms with Crippen LogP contribution < -0.4 is 5.73 Å². The molecule has 15 heavy (non-hydrogen) atoms. The number of hydrogen-bond acceptors (Lipinski definition) is 1. The number of primary amides is 1. The Kier molecular flexibility index (Phi) is 2.26. The molecule has 0 saturated heterocycles. The maximum absolute atomic E-state index is 11.0. The molecule has 2 rings (SSSR count). The van der Waals surface area contributed by atoms with E-state index in [1.807, 2.05) is 24.3 Å². The summed E-state index contributed by atoms with van der Waals surface area (Å²) >= 11 is 0. The first-order valence-corrected chi connectivity index (χ1v) is 4.67. The molecule has 0 saturated carbocycles. The van der Waals surface area contributed by atoms with Crippen molar-refractivity contribution in [2.75, 3.05) is 0 Å². The van der Waals surface area contributed by atoms with Gasteiger partial charge >= 0.3 is 0 Å². The molecule has 0 aliphatic heterocycles. The summed E-state index contributed by atoms with van der Waals surface area (Å²) in [4.78, 5) is 11.0. The molecule has 1 amide bonds. The summed E-state index contributed by atoms with van der Waals surface area (Å²) in [5, 5.41) is 2.08. The van der Waals surface area contributed by atoms with Crippen molar-refractivity contribution in [1.82, 2.24) is 0 Å². The van der Waals surface area contributed by atoms with E-state index in [2.05, 4.69) is 6.58 Å². The summed E-state index contributed by atoms with van der Waals surface area (Å²) in [7, 11) is 0. The van der Waals surface area contributed by atoms with Crippen molar-refractivity contribution in [3.8, 4) is 0 Å². The van der Waals surface area contributed by atoms with E-state index in [0.29, 0.717) is 5.56 Å². The van der Waals surface area contributed by atoms with Crippen molar-refractivity contribution in [2.24, 2.45) is 5.73 Å². The lowest BCUT2D eigenvalue weighted by Gasteiger charge is -2.03. The van der Waals surface area contributed by atoms with Gasteiger partial charge in [0.25, 0.3) is 0 Å². The predicted molar refractivity (Wildman–Crippen MR) is 62.6 cm³/mol. The van der Waals surface area contributed by atoms with E-state index in [1.54, 1.807) is 18.2 Å². The third-order valence-corrected chi connectivity index (χ3v) is 2.42. The SMILES string of the molecule is C=Cc1cccc2cc(C(N)=O)ccc12. The van der Waals surface area contributed by atoms with Gasteiger partial charge in [-0.3, -0.25) is 4.79 Å². The van der Waals surface area contributed by atoms with Crippen LogP contribution in [0.1, 0.15) is 15.9 Å². The molecule has 0 bridgehead atoms. The first-order chi connectivity index (χ1) is 7.22. The second-order valence-electron chi connectivity index (χ2n) is 3.35. The highest BCUT2D eigenvalue weighted by atomic mass is 16.1. The van der Waals surface area contributed by atoms with Gasteiger partial charge in [0, 0.05) is 5.56 Å². The molecular formula is C13H11NO. The molecule has 2 aromatic carbocycles. The molecule has 2 nitrogen and oxygen atoms in total. The molecule has 74 valence electrons. The summed E-state index contributed by atoms with van der Waals surface area (Å²) in [6.45, 7) is 3.75. The van der Waals surface area contributed by atoms with Gasteiger partial charge in [-0.15, -0.1) is 0 Å². The topological polar surface area (TPSA) is 43.1 Å². The summed E-state index contributed by atoms with van der Waals surface area (Å²) in [6, 6.07) is 11.3. The number of amides is 1. The molecule has 0 aromatic heterocycles. The monoisotopic (exact) mass is 197 g/mol. The van der Waals surface area contributed by atoms with Gasteiger partial charge in [-0.05, 0) is 28.5 Å². The van der Waals surface area contributed by atoms with E-state index in [0.717, 1.165) is 16.3 Å². The van der Waals surface area contributed by atoms with Gasteiger partial charge in [-0.1, -0.05) is 36.9 Å². The Morgan fingerprint density at radius 1 is 1.27 bits per heavy atom. The minimum absolute atomic E-state index is 0.402. The first-order valence-electron chi connectivity index (χ1n) is 4.67. The normalized spacial score (nSPS) is 10.1. The van der Waals surface area contributed by atoms with Crippen LogP contribution in [0.2, 0.25) is 0 Å². The number of benzene rings is 2. The second-order valence-corrected chi connectivity index (χ2v) is 3.35. The first kappa shape index (κ1) is 9.46. The Morgan fingerprint density at radius 3 is 2.73 bits per heavy atom. The van der Waals surface area contributed by atoms with E-state index in [-0.39, 0.29) is 0 Å². The fraction of sp³-hybridized carbons (Fsp3) is 0. The van der Waals surface area contributed by atoms with Gasteiger partial charge in [0.1, 0.15) is 0 Å². The highest BCUT2D eigenvalue weighted by Crippen LogP contribution is 2.20. The van der Waals surface area contributed by atoms with Crippen LogP contribution in [0, 0.1) is 0 Å². The lowest BCUT2D eigenvalue weighted by molar-refractivity contribution is 0.100. The zero-order valence-corrected chi connectivity index (χ0v) is 8.23. The van der Waals surface area contributed by atoms with Gasteiger partial charge in [-0.25, -0.2) is 0 Å². The zero-order valence-electron chi connectivity index (χ0n) is 8.23. The minimum atomic E-state index is -0.402. The van der Waals surface area contributed by atoms with E-state index in [1.165, 1.54) is 0 Å². The van der Waals surface area contributed by atoms with Gasteiger partial charge in [0.15, 0.2) is 0 Å². The fourth-order valence-electron chi connectivity index (χ4n) is 1.64. The van der Waals surface area contributed by atoms with Crippen LogP contribution in [-0.2, 0) is 0 Å². The minimum Gasteiger partial charge on any atom is -0.366 e. The highest BCUT2D eigenvalue weighted by molar-refractivity contribution is 5.99. The molecule has 2 N–H and O–H groups in total. The molecule has 2 heteroatoms. The molecule has 0 fully saturated rings. The quantitative estimate of drug-likeness (QED) is 0.790. The zero-order chi connectivity index (χ0) is 10.8. The van der Waals surface area contributed by atoms with Crippen molar-refractivity contribution in [1.29, 1.82) is 0 Å². The van der Waals surface area contributed by atoms with Crippen molar-refractivity contribution in [3.63, 3.8) is 0 Å². The Labute approximate surface area is 88.0 Å². The van der Waals surface area contributed by atoms with Crippen LogP contribution in [0.5, 0.6) is 0 Å². The van der Waals surface area contributed by atoms with E-state index < -0.39 is 5.91 Å². The standard InChI is InChI=1S/C13H11NO/c1-2-9-4-3-5-10-8-11(13(14)15)6-7-12(9)10/h2-8H,1H2,(H2,14,15). The number of hydrogen-bond donors (Lipinski definition) is 1. The van der Waals surface area contributed by atoms with E-state index >= 15 is 0 Å². The van der Waals surface area contributed by atoms with Crippen LogP contribution >= 0.6 is 0 Å². The molecular weight excluding hydrogens is 186 g/mol. The van der Waals surface area contributed by atoms with Gasteiger partial charge in [0.2, 0.25) is 5.91 Å². The molecule has 2 aromatic rings. The molecule has 0 aliphatic rings. The van der Waals surface area contributed by atoms with Crippen LogP contribution in [0.3, 0.4) is 0 Å². The molecule has 0 atom stereocenters. The molecule has 0 radical (unpaired) electrons. The molecule has 0 heterocycles. The number of carbonyl (C=O) groups is 1. The Balaban J connectivity index is 2.74. The second kappa shape index (κ2) is 3.58. The Bertz CT molecular complexity index is 543. The van der Waals surface area contributed by atoms with Crippen molar-refractivity contribution < 1.29 is 4.79 Å². The fourth-order valence-corrected chi connectivity index (χ4v) is 1.64. The summed E-state index contributed by atoms with van der Waals surface area (Å²) in [5.74, 6) is -0.402. The third-order valence-electron chi connectivity index (χ3n) is 2.42. The number of carbonyl (C=O) groups excluding carboxylic acids is 1. The Hall–Kier alpha value is -2.09. The number of nitrogens with two attached hydrogens (primary N) is 1. The van der Waals surface area contributed by atoms with E-state index in [9.17, 15) is 4.79 Å². The maximum atomic E-state index is 11.0. The van der Waals surface area contributed by atoms with Gasteiger partial charge in [0.05, 0.1) is 0 Å². The largest absolute Gasteiger partial charge is 0.366 e. The third kappa shape index (κ3) is 1.62. The number of fused-ring (bicyclic) bond motifs is 1. The summed E-state index contributed by atoms with van der Waals surface area (Å²) in [5.41, 5.74) is 6.81. The average molecular weight is 197 g/mol. The van der Waals surface area contributed by atoms with Crippen molar-refractivity contribution in [2.45, 2.75) is 0 Å². The van der Waals surface area contributed by atoms with Crippen LogP contribution in [0.4, 0.5) is 0 Å². The van der Waals surface area contributed by atoms with Crippen molar-refractivity contribution >= 4 is 22.8 Å². The summed E-state index contributed by atoms with van der Waals surface area (Å²) in [6.07, 6.45) is 1.80. The van der Waals surface area contributed by atoms with Gasteiger partial charge < -0.3 is 5.73 Å². The van der Waals surface area contributed by atoms with Crippen molar-refractivity contribution in [3.05, 3.63) is 54.1 Å².